The van der Waals surface area contributed by atoms with Crippen LogP contribution in [0.2, 0.25) is 0 Å². The summed E-state index contributed by atoms with van der Waals surface area (Å²) in [6.07, 6.45) is 3.80. The standard InChI is InChI=1S/C13H20O3/c1-5-10-9(6-8(2)14)7-11-12(10)16-13(3,4)15-11/h5,9,11-12H,6-7H2,1-4H3/b10-5+/t9-,11-,12+/m0/s1. The van der Waals surface area contributed by atoms with Crippen LogP contribution in [-0.4, -0.2) is 23.8 Å². The molecular weight excluding hydrogens is 204 g/mol. The molecule has 0 N–H and O–H groups in total. The van der Waals surface area contributed by atoms with Crippen LogP contribution >= 0.6 is 0 Å². The lowest BCUT2D eigenvalue weighted by molar-refractivity contribution is -0.149. The zero-order chi connectivity index (χ0) is 11.9. The number of ketones is 1. The fraction of sp³-hybridized carbons (Fsp3) is 0.769. The zero-order valence-corrected chi connectivity index (χ0v) is 10.4. The third-order valence-electron chi connectivity index (χ3n) is 3.37. The van der Waals surface area contributed by atoms with Gasteiger partial charge in [0.1, 0.15) is 11.9 Å². The summed E-state index contributed by atoms with van der Waals surface area (Å²) in [5.41, 5.74) is 1.24. The highest BCUT2D eigenvalue weighted by molar-refractivity contribution is 5.76. The molecule has 1 aliphatic carbocycles. The molecule has 0 aromatic heterocycles. The topological polar surface area (TPSA) is 35.5 Å². The smallest absolute Gasteiger partial charge is 0.164 e. The normalized spacial score (nSPS) is 39.0. The fourth-order valence-corrected chi connectivity index (χ4v) is 2.89. The van der Waals surface area contributed by atoms with Gasteiger partial charge >= 0.3 is 0 Å². The van der Waals surface area contributed by atoms with E-state index in [1.807, 2.05) is 20.8 Å². The van der Waals surface area contributed by atoms with E-state index in [0.29, 0.717) is 12.3 Å². The van der Waals surface area contributed by atoms with Gasteiger partial charge in [0, 0.05) is 6.42 Å². The van der Waals surface area contributed by atoms with E-state index >= 15 is 0 Å². The Labute approximate surface area is 96.8 Å². The lowest BCUT2D eigenvalue weighted by atomic mass is 9.96. The first-order valence-corrected chi connectivity index (χ1v) is 5.94. The molecule has 1 saturated heterocycles. The summed E-state index contributed by atoms with van der Waals surface area (Å²) in [5.74, 6) is 0.0716. The number of carbonyl (C=O) groups excluding carboxylic acids is 1. The Hall–Kier alpha value is -0.670. The van der Waals surface area contributed by atoms with Crippen molar-refractivity contribution in [3.05, 3.63) is 11.6 Å². The van der Waals surface area contributed by atoms with Crippen molar-refractivity contribution in [3.8, 4) is 0 Å². The second-order valence-electron chi connectivity index (χ2n) is 5.22. The maximum Gasteiger partial charge on any atom is 0.164 e. The van der Waals surface area contributed by atoms with E-state index in [1.165, 1.54) is 5.57 Å². The van der Waals surface area contributed by atoms with Crippen LogP contribution in [0, 0.1) is 5.92 Å². The highest BCUT2D eigenvalue weighted by Gasteiger charge is 2.49. The van der Waals surface area contributed by atoms with Crippen molar-refractivity contribution >= 4 is 5.78 Å². The number of allylic oxidation sites excluding steroid dienone is 1. The van der Waals surface area contributed by atoms with E-state index in [0.717, 1.165) is 6.42 Å². The molecule has 90 valence electrons. The average molecular weight is 224 g/mol. The molecule has 0 spiro atoms. The molecule has 3 atom stereocenters. The second kappa shape index (κ2) is 3.97. The third-order valence-corrected chi connectivity index (χ3v) is 3.37. The quantitative estimate of drug-likeness (QED) is 0.676. The number of ether oxygens (including phenoxy) is 2. The van der Waals surface area contributed by atoms with E-state index in [2.05, 4.69) is 6.08 Å². The van der Waals surface area contributed by atoms with Crippen molar-refractivity contribution in [3.63, 3.8) is 0 Å². The molecule has 0 bridgehead atoms. The lowest BCUT2D eigenvalue weighted by Crippen LogP contribution is -2.24. The van der Waals surface area contributed by atoms with Crippen LogP contribution in [0.25, 0.3) is 0 Å². The Bertz CT molecular complexity index is 330. The molecule has 0 amide bonds. The number of carbonyl (C=O) groups is 1. The predicted octanol–water partition coefficient (Wildman–Crippen LogP) is 2.45. The summed E-state index contributed by atoms with van der Waals surface area (Å²) in [4.78, 5) is 11.2. The van der Waals surface area contributed by atoms with Crippen molar-refractivity contribution in [1.29, 1.82) is 0 Å². The SMILES string of the molecule is C/C=C1\[C@@H](CC(C)=O)C[C@@H]2OC(C)(C)O[C@H]12. The molecule has 16 heavy (non-hydrogen) atoms. The molecule has 2 rings (SSSR count). The van der Waals surface area contributed by atoms with Gasteiger partial charge in [-0.2, -0.15) is 0 Å². The number of hydrogen-bond acceptors (Lipinski definition) is 3. The van der Waals surface area contributed by atoms with Crippen molar-refractivity contribution in [2.45, 2.75) is 58.5 Å². The second-order valence-corrected chi connectivity index (χ2v) is 5.22. The third kappa shape index (κ3) is 2.06. The van der Waals surface area contributed by atoms with Gasteiger partial charge in [-0.15, -0.1) is 0 Å². The summed E-state index contributed by atoms with van der Waals surface area (Å²) in [6.45, 7) is 7.55. The van der Waals surface area contributed by atoms with Crippen LogP contribution in [0.4, 0.5) is 0 Å². The van der Waals surface area contributed by atoms with E-state index < -0.39 is 5.79 Å². The molecule has 3 heteroatoms. The fourth-order valence-electron chi connectivity index (χ4n) is 2.89. The molecule has 0 aromatic rings. The van der Waals surface area contributed by atoms with Gasteiger partial charge in [-0.3, -0.25) is 0 Å². The summed E-state index contributed by atoms with van der Waals surface area (Å²) in [7, 11) is 0. The van der Waals surface area contributed by atoms with Crippen molar-refractivity contribution in [1.82, 2.24) is 0 Å². The van der Waals surface area contributed by atoms with Crippen LogP contribution in [-0.2, 0) is 14.3 Å². The minimum Gasteiger partial charge on any atom is -0.344 e. The van der Waals surface area contributed by atoms with Crippen LogP contribution in [0.1, 0.15) is 40.5 Å². The Kier molecular flexibility index (Phi) is 2.93. The Balaban J connectivity index is 2.13. The van der Waals surface area contributed by atoms with Crippen LogP contribution in [0.5, 0.6) is 0 Å². The van der Waals surface area contributed by atoms with Gasteiger partial charge in [0.2, 0.25) is 0 Å². The number of fused-ring (bicyclic) bond motifs is 1. The van der Waals surface area contributed by atoms with Gasteiger partial charge in [-0.25, -0.2) is 0 Å². The number of Topliss-reactive ketones (excluding diaryl/α,β-unsaturated/α-hetero) is 1. The largest absolute Gasteiger partial charge is 0.344 e. The molecule has 0 radical (unpaired) electrons. The number of hydrogen-bond donors (Lipinski definition) is 0. The van der Waals surface area contributed by atoms with Gasteiger partial charge in [0.25, 0.3) is 0 Å². The van der Waals surface area contributed by atoms with E-state index in [9.17, 15) is 4.79 Å². The molecule has 1 aliphatic heterocycles. The Morgan fingerprint density at radius 3 is 2.75 bits per heavy atom. The first kappa shape index (κ1) is 11.8. The summed E-state index contributed by atoms with van der Waals surface area (Å²) >= 11 is 0. The molecule has 1 heterocycles. The maximum atomic E-state index is 11.2. The minimum absolute atomic E-state index is 0.0596. The molecule has 2 fully saturated rings. The minimum atomic E-state index is -0.481. The van der Waals surface area contributed by atoms with Crippen LogP contribution < -0.4 is 0 Å². The average Bonchev–Trinajstić information content (AvgIpc) is 2.54. The van der Waals surface area contributed by atoms with Gasteiger partial charge in [-0.1, -0.05) is 6.08 Å². The van der Waals surface area contributed by atoms with E-state index in [-0.39, 0.29) is 18.0 Å². The van der Waals surface area contributed by atoms with E-state index in [4.69, 9.17) is 9.47 Å². The number of rotatable bonds is 2. The molecule has 0 unspecified atom stereocenters. The highest BCUT2D eigenvalue weighted by atomic mass is 16.8. The summed E-state index contributed by atoms with van der Waals surface area (Å²) < 4.78 is 11.7. The molecule has 0 aromatic carbocycles. The van der Waals surface area contributed by atoms with Gasteiger partial charge in [-0.05, 0) is 45.6 Å². The van der Waals surface area contributed by atoms with Gasteiger partial charge in [0.05, 0.1) is 6.10 Å². The molecular formula is C13H20O3. The van der Waals surface area contributed by atoms with E-state index in [1.54, 1.807) is 6.92 Å². The Morgan fingerprint density at radius 2 is 2.19 bits per heavy atom. The van der Waals surface area contributed by atoms with Crippen molar-refractivity contribution in [2.24, 2.45) is 5.92 Å². The summed E-state index contributed by atoms with van der Waals surface area (Å²) in [5, 5.41) is 0. The zero-order valence-electron chi connectivity index (χ0n) is 10.4. The van der Waals surface area contributed by atoms with Gasteiger partial charge in [0.15, 0.2) is 5.79 Å². The monoisotopic (exact) mass is 224 g/mol. The summed E-state index contributed by atoms with van der Waals surface area (Å²) in [6, 6.07) is 0. The molecule has 3 nitrogen and oxygen atoms in total. The first-order chi connectivity index (χ1) is 7.43. The predicted molar refractivity (Wildman–Crippen MR) is 61.0 cm³/mol. The molecule has 1 saturated carbocycles. The lowest BCUT2D eigenvalue weighted by Gasteiger charge is -2.21. The maximum absolute atomic E-state index is 11.2. The van der Waals surface area contributed by atoms with Crippen LogP contribution in [0.15, 0.2) is 11.6 Å². The van der Waals surface area contributed by atoms with Crippen molar-refractivity contribution < 1.29 is 14.3 Å². The van der Waals surface area contributed by atoms with Crippen molar-refractivity contribution in [2.75, 3.05) is 0 Å². The highest BCUT2D eigenvalue weighted by Crippen LogP contribution is 2.45. The Morgan fingerprint density at radius 1 is 1.50 bits per heavy atom. The van der Waals surface area contributed by atoms with Crippen LogP contribution in [0.3, 0.4) is 0 Å². The van der Waals surface area contributed by atoms with Gasteiger partial charge < -0.3 is 14.3 Å². The first-order valence-electron chi connectivity index (χ1n) is 5.94. The molecule has 2 aliphatic rings.